The van der Waals surface area contributed by atoms with E-state index in [4.69, 9.17) is 0 Å². The summed E-state index contributed by atoms with van der Waals surface area (Å²) in [6.45, 7) is 2.20. The van der Waals surface area contributed by atoms with Crippen LogP contribution in [0.2, 0.25) is 0 Å². The van der Waals surface area contributed by atoms with Crippen LogP contribution in [0.25, 0.3) is 0 Å². The molecule has 0 radical (unpaired) electrons. The molecule has 1 aromatic rings. The first kappa shape index (κ1) is 14.1. The van der Waals surface area contributed by atoms with E-state index in [-0.39, 0.29) is 30.2 Å². The Morgan fingerprint density at radius 3 is 2.81 bits per heavy atom. The van der Waals surface area contributed by atoms with E-state index in [1.54, 1.807) is 0 Å². The second kappa shape index (κ2) is 5.88. The monoisotopic (exact) mass is 286 g/mol. The van der Waals surface area contributed by atoms with E-state index in [0.717, 1.165) is 17.7 Å². The van der Waals surface area contributed by atoms with Gasteiger partial charge in [0.2, 0.25) is 11.8 Å². The van der Waals surface area contributed by atoms with Gasteiger partial charge in [-0.15, -0.1) is 0 Å². The summed E-state index contributed by atoms with van der Waals surface area (Å²) < 4.78 is 0. The van der Waals surface area contributed by atoms with Crippen molar-refractivity contribution in [3.8, 4) is 0 Å². The van der Waals surface area contributed by atoms with Crippen LogP contribution in [0.15, 0.2) is 24.3 Å². The molecule has 2 aliphatic rings. The van der Waals surface area contributed by atoms with Gasteiger partial charge in [-0.25, -0.2) is 0 Å². The number of fused-ring (bicyclic) bond motifs is 1. The lowest BCUT2D eigenvalue weighted by Gasteiger charge is -2.32. The van der Waals surface area contributed by atoms with E-state index >= 15 is 0 Å². The summed E-state index contributed by atoms with van der Waals surface area (Å²) in [6, 6.07) is 7.84. The molecule has 4 heteroatoms. The van der Waals surface area contributed by atoms with E-state index in [0.29, 0.717) is 5.92 Å². The Labute approximate surface area is 125 Å². The van der Waals surface area contributed by atoms with Gasteiger partial charge < -0.3 is 10.6 Å². The van der Waals surface area contributed by atoms with Crippen LogP contribution in [0.1, 0.15) is 50.5 Å². The molecule has 2 amide bonds. The van der Waals surface area contributed by atoms with Crippen LogP contribution in [0.4, 0.5) is 5.69 Å². The predicted molar refractivity (Wildman–Crippen MR) is 82.0 cm³/mol. The highest BCUT2D eigenvalue weighted by Crippen LogP contribution is 2.33. The Hall–Kier alpha value is -1.84. The third-order valence-electron chi connectivity index (χ3n) is 4.76. The van der Waals surface area contributed by atoms with E-state index in [2.05, 4.69) is 17.6 Å². The molecular weight excluding hydrogens is 264 g/mol. The summed E-state index contributed by atoms with van der Waals surface area (Å²) in [6.07, 6.45) is 4.89. The highest BCUT2D eigenvalue weighted by molar-refractivity contribution is 6.01. The number of nitrogens with one attached hydrogen (secondary N) is 2. The molecular formula is C17H22N2O2. The van der Waals surface area contributed by atoms with Gasteiger partial charge in [-0.1, -0.05) is 38.0 Å². The van der Waals surface area contributed by atoms with Crippen LogP contribution in [0, 0.1) is 5.92 Å². The quantitative estimate of drug-likeness (QED) is 0.878. The van der Waals surface area contributed by atoms with Crippen molar-refractivity contribution in [2.24, 2.45) is 5.92 Å². The minimum Gasteiger partial charge on any atom is -0.353 e. The summed E-state index contributed by atoms with van der Waals surface area (Å²) in [5.74, 6) is 0.0843. The summed E-state index contributed by atoms with van der Waals surface area (Å²) in [7, 11) is 0. The van der Waals surface area contributed by atoms with Crippen LogP contribution >= 0.6 is 0 Å². The molecule has 21 heavy (non-hydrogen) atoms. The van der Waals surface area contributed by atoms with Crippen LogP contribution in [0.3, 0.4) is 0 Å². The van der Waals surface area contributed by atoms with Crippen molar-refractivity contribution in [3.63, 3.8) is 0 Å². The van der Waals surface area contributed by atoms with Crippen molar-refractivity contribution >= 4 is 17.5 Å². The average molecular weight is 286 g/mol. The predicted octanol–water partition coefficient (Wildman–Crippen LogP) is 2.81. The molecule has 2 N–H and O–H groups in total. The Balaban J connectivity index is 1.77. The van der Waals surface area contributed by atoms with Gasteiger partial charge in [0.25, 0.3) is 0 Å². The zero-order valence-corrected chi connectivity index (χ0v) is 12.4. The number of hydrogen-bond acceptors (Lipinski definition) is 2. The molecule has 112 valence electrons. The van der Waals surface area contributed by atoms with Crippen molar-refractivity contribution in [1.82, 2.24) is 5.32 Å². The Morgan fingerprint density at radius 1 is 1.24 bits per heavy atom. The Bertz CT molecular complexity index is 555. The number of anilines is 1. The fourth-order valence-corrected chi connectivity index (χ4v) is 3.46. The third-order valence-corrected chi connectivity index (χ3v) is 4.76. The number of para-hydroxylation sites is 1. The third kappa shape index (κ3) is 2.94. The lowest BCUT2D eigenvalue weighted by molar-refractivity contribution is -0.127. The molecule has 1 aliphatic heterocycles. The zero-order valence-electron chi connectivity index (χ0n) is 12.4. The van der Waals surface area contributed by atoms with Crippen LogP contribution in [0.5, 0.6) is 0 Å². The highest BCUT2D eigenvalue weighted by atomic mass is 16.2. The maximum atomic E-state index is 12.6. The van der Waals surface area contributed by atoms with Gasteiger partial charge >= 0.3 is 0 Å². The van der Waals surface area contributed by atoms with Gasteiger partial charge in [0.1, 0.15) is 0 Å². The average Bonchev–Trinajstić information content (AvgIpc) is 2.48. The first-order chi connectivity index (χ1) is 10.1. The highest BCUT2D eigenvalue weighted by Gasteiger charge is 2.32. The molecule has 4 nitrogen and oxygen atoms in total. The van der Waals surface area contributed by atoms with Gasteiger partial charge in [-0.2, -0.15) is 0 Å². The molecule has 1 aromatic carbocycles. The molecule has 3 rings (SSSR count). The van der Waals surface area contributed by atoms with Crippen molar-refractivity contribution < 1.29 is 9.59 Å². The fourth-order valence-electron chi connectivity index (χ4n) is 3.46. The smallest absolute Gasteiger partial charge is 0.228 e. The Kier molecular flexibility index (Phi) is 3.95. The first-order valence-corrected chi connectivity index (χ1v) is 7.84. The second-order valence-corrected chi connectivity index (χ2v) is 6.27. The largest absolute Gasteiger partial charge is 0.353 e. The SMILES string of the molecule is CC1CCCCC1NC(=O)C1CC(=O)Nc2ccccc21. The lowest BCUT2D eigenvalue weighted by atomic mass is 9.84. The number of rotatable bonds is 2. The molecule has 1 heterocycles. The summed E-state index contributed by atoms with van der Waals surface area (Å²) in [5.41, 5.74) is 1.70. The van der Waals surface area contributed by atoms with Crippen molar-refractivity contribution in [2.75, 3.05) is 5.32 Å². The molecule has 1 saturated carbocycles. The van der Waals surface area contributed by atoms with Gasteiger partial charge in [0, 0.05) is 18.2 Å². The molecule has 0 aromatic heterocycles. The first-order valence-electron chi connectivity index (χ1n) is 7.84. The molecule has 1 aliphatic carbocycles. The summed E-state index contributed by atoms with van der Waals surface area (Å²) >= 11 is 0. The molecule has 0 spiro atoms. The molecule has 0 saturated heterocycles. The normalized spacial score (nSPS) is 28.4. The van der Waals surface area contributed by atoms with Crippen molar-refractivity contribution in [2.45, 2.75) is 51.0 Å². The van der Waals surface area contributed by atoms with Gasteiger partial charge in [0.05, 0.1) is 5.92 Å². The van der Waals surface area contributed by atoms with Gasteiger partial charge in [-0.05, 0) is 30.4 Å². The van der Waals surface area contributed by atoms with E-state index in [1.165, 1.54) is 19.3 Å². The Morgan fingerprint density at radius 2 is 2.00 bits per heavy atom. The minimum atomic E-state index is -0.357. The zero-order chi connectivity index (χ0) is 14.8. The minimum absolute atomic E-state index is 0.00366. The number of hydrogen-bond donors (Lipinski definition) is 2. The second-order valence-electron chi connectivity index (χ2n) is 6.27. The van der Waals surface area contributed by atoms with E-state index < -0.39 is 0 Å². The molecule has 3 atom stereocenters. The van der Waals surface area contributed by atoms with Crippen LogP contribution < -0.4 is 10.6 Å². The fraction of sp³-hybridized carbons (Fsp3) is 0.529. The summed E-state index contributed by atoms with van der Waals surface area (Å²) in [4.78, 5) is 24.4. The number of benzene rings is 1. The van der Waals surface area contributed by atoms with Crippen molar-refractivity contribution in [1.29, 1.82) is 0 Å². The van der Waals surface area contributed by atoms with E-state index in [1.807, 2.05) is 24.3 Å². The van der Waals surface area contributed by atoms with E-state index in [9.17, 15) is 9.59 Å². The summed E-state index contributed by atoms with van der Waals surface area (Å²) in [5, 5.41) is 6.02. The topological polar surface area (TPSA) is 58.2 Å². The van der Waals surface area contributed by atoms with Gasteiger partial charge in [0.15, 0.2) is 0 Å². The van der Waals surface area contributed by atoms with Gasteiger partial charge in [-0.3, -0.25) is 9.59 Å². The molecule has 1 fully saturated rings. The number of carbonyl (C=O) groups is 2. The van der Waals surface area contributed by atoms with Crippen molar-refractivity contribution in [3.05, 3.63) is 29.8 Å². The standard InChI is InChI=1S/C17H22N2O2/c1-11-6-2-4-8-14(11)19-17(21)13-10-16(20)18-15-9-5-3-7-12(13)15/h3,5,7,9,11,13-14H,2,4,6,8,10H2,1H3,(H,18,20)(H,19,21). The maximum Gasteiger partial charge on any atom is 0.228 e. The van der Waals surface area contributed by atoms with Crippen LogP contribution in [-0.2, 0) is 9.59 Å². The maximum absolute atomic E-state index is 12.6. The lowest BCUT2D eigenvalue weighted by Crippen LogP contribution is -2.44. The number of carbonyl (C=O) groups excluding carboxylic acids is 2. The molecule has 3 unspecified atom stereocenters. The molecule has 0 bridgehead atoms. The number of amides is 2. The van der Waals surface area contributed by atoms with Crippen LogP contribution in [-0.4, -0.2) is 17.9 Å².